The molecule has 0 bridgehead atoms. The molecule has 1 N–H and O–H groups in total. The molecule has 0 amide bonds. The molecule has 0 unspecified atom stereocenters. The smallest absolute Gasteiger partial charge is 0.207 e. The normalized spacial score (nSPS) is 10.4. The molecule has 0 radical (unpaired) electrons. The molecule has 5 heteroatoms. The van der Waals surface area contributed by atoms with Crippen molar-refractivity contribution in [2.24, 2.45) is 0 Å². The summed E-state index contributed by atoms with van der Waals surface area (Å²) in [6.45, 7) is 0. The van der Waals surface area contributed by atoms with E-state index >= 15 is 0 Å². The maximum absolute atomic E-state index is 11.8. The molecule has 1 heterocycles. The molecule has 2 aromatic rings. The third-order valence-corrected chi connectivity index (χ3v) is 2.95. The summed E-state index contributed by atoms with van der Waals surface area (Å²) in [7, 11) is 0. The van der Waals surface area contributed by atoms with Gasteiger partial charge in [0, 0.05) is 28.5 Å². The van der Waals surface area contributed by atoms with Gasteiger partial charge in [-0.1, -0.05) is 40.9 Å². The molecule has 0 spiro atoms. The molecule has 0 saturated carbocycles. The summed E-state index contributed by atoms with van der Waals surface area (Å²) in [6.07, 6.45) is 2.99. The molecular formula is C11H6Cl3NO. The average Bonchev–Trinajstić information content (AvgIpc) is 2.23. The molecule has 0 aliphatic heterocycles. The molecule has 82 valence electrons. The Bertz CT molecular complexity index is 592. The predicted molar refractivity (Wildman–Crippen MR) is 67.5 cm³/mol. The SMILES string of the molecule is O=c1c(Cl)c[nH]cc1-c1ccc(Cl)cc1Cl. The summed E-state index contributed by atoms with van der Waals surface area (Å²) in [6, 6.07) is 4.94. The van der Waals surface area contributed by atoms with E-state index in [1.54, 1.807) is 24.4 Å². The van der Waals surface area contributed by atoms with Gasteiger partial charge in [-0.2, -0.15) is 0 Å². The molecule has 0 saturated heterocycles. The van der Waals surface area contributed by atoms with Crippen LogP contribution in [-0.2, 0) is 0 Å². The minimum atomic E-state index is -0.260. The Morgan fingerprint density at radius 3 is 2.38 bits per heavy atom. The number of aromatic amines is 1. The third-order valence-electron chi connectivity index (χ3n) is 2.12. The predicted octanol–water partition coefficient (Wildman–Crippen LogP) is 4.00. The van der Waals surface area contributed by atoms with E-state index in [4.69, 9.17) is 34.8 Å². The van der Waals surface area contributed by atoms with Gasteiger partial charge in [-0.15, -0.1) is 0 Å². The first-order valence-electron chi connectivity index (χ1n) is 4.41. The van der Waals surface area contributed by atoms with E-state index in [2.05, 4.69) is 4.98 Å². The van der Waals surface area contributed by atoms with Crippen LogP contribution in [0.3, 0.4) is 0 Å². The fourth-order valence-corrected chi connectivity index (χ4v) is 2.04. The summed E-state index contributed by atoms with van der Waals surface area (Å²) < 4.78 is 0. The standard InChI is InChI=1S/C11H6Cl3NO/c12-6-1-2-7(9(13)3-6)8-4-15-5-10(14)11(8)16/h1-5H,(H,15,16). The molecule has 0 aliphatic rings. The lowest BCUT2D eigenvalue weighted by molar-refractivity contribution is 1.30. The van der Waals surface area contributed by atoms with Gasteiger partial charge in [0.1, 0.15) is 5.02 Å². The monoisotopic (exact) mass is 273 g/mol. The van der Waals surface area contributed by atoms with Crippen LogP contribution in [0.1, 0.15) is 0 Å². The van der Waals surface area contributed by atoms with E-state index in [1.165, 1.54) is 6.20 Å². The lowest BCUT2D eigenvalue weighted by atomic mass is 10.1. The maximum atomic E-state index is 11.8. The van der Waals surface area contributed by atoms with Gasteiger partial charge in [-0.25, -0.2) is 0 Å². The first-order chi connectivity index (χ1) is 7.59. The number of hydrogen-bond donors (Lipinski definition) is 1. The Morgan fingerprint density at radius 1 is 0.938 bits per heavy atom. The van der Waals surface area contributed by atoms with Crippen LogP contribution in [0.5, 0.6) is 0 Å². The second-order valence-corrected chi connectivity index (χ2v) is 4.42. The zero-order chi connectivity index (χ0) is 11.7. The van der Waals surface area contributed by atoms with E-state index in [9.17, 15) is 4.79 Å². The number of H-pyrrole nitrogens is 1. The second-order valence-electron chi connectivity index (χ2n) is 3.17. The second kappa shape index (κ2) is 4.50. The van der Waals surface area contributed by atoms with E-state index in [-0.39, 0.29) is 10.5 Å². The molecule has 16 heavy (non-hydrogen) atoms. The quantitative estimate of drug-likeness (QED) is 0.837. The van der Waals surface area contributed by atoms with Gasteiger partial charge in [-0.05, 0) is 12.1 Å². The van der Waals surface area contributed by atoms with E-state index in [0.717, 1.165) is 0 Å². The van der Waals surface area contributed by atoms with Crippen LogP contribution in [-0.4, -0.2) is 4.98 Å². The van der Waals surface area contributed by atoms with Gasteiger partial charge in [0.2, 0.25) is 5.43 Å². The number of aromatic nitrogens is 1. The third kappa shape index (κ3) is 2.09. The van der Waals surface area contributed by atoms with Crippen molar-refractivity contribution in [2.45, 2.75) is 0 Å². The number of benzene rings is 1. The van der Waals surface area contributed by atoms with Gasteiger partial charge < -0.3 is 4.98 Å². The number of hydrogen-bond acceptors (Lipinski definition) is 1. The molecule has 1 aromatic carbocycles. The van der Waals surface area contributed by atoms with Crippen molar-refractivity contribution in [3.8, 4) is 11.1 Å². The van der Waals surface area contributed by atoms with E-state index < -0.39 is 0 Å². The minimum absolute atomic E-state index is 0.128. The number of pyridine rings is 1. The van der Waals surface area contributed by atoms with Crippen LogP contribution in [0.4, 0.5) is 0 Å². The largest absolute Gasteiger partial charge is 0.366 e. The summed E-state index contributed by atoms with van der Waals surface area (Å²) in [5, 5.41) is 1.07. The highest BCUT2D eigenvalue weighted by Gasteiger charge is 2.09. The summed E-state index contributed by atoms with van der Waals surface area (Å²) in [5.74, 6) is 0. The fraction of sp³-hybridized carbons (Fsp3) is 0. The van der Waals surface area contributed by atoms with Gasteiger partial charge in [-0.3, -0.25) is 4.79 Å². The zero-order valence-electron chi connectivity index (χ0n) is 7.93. The molecule has 2 nitrogen and oxygen atoms in total. The Kier molecular flexibility index (Phi) is 3.24. The lowest BCUT2D eigenvalue weighted by Crippen LogP contribution is -2.05. The topological polar surface area (TPSA) is 32.9 Å². The number of halogens is 3. The Hall–Kier alpha value is -0.960. The highest BCUT2D eigenvalue weighted by molar-refractivity contribution is 6.36. The van der Waals surface area contributed by atoms with Gasteiger partial charge >= 0.3 is 0 Å². The maximum Gasteiger partial charge on any atom is 0.207 e. The molecule has 2 rings (SSSR count). The molecule has 0 fully saturated rings. The summed E-state index contributed by atoms with van der Waals surface area (Å²) >= 11 is 17.5. The first kappa shape index (κ1) is 11.5. The van der Waals surface area contributed by atoms with Crippen LogP contribution in [0.25, 0.3) is 11.1 Å². The molecule has 0 aliphatic carbocycles. The average molecular weight is 275 g/mol. The van der Waals surface area contributed by atoms with Crippen LogP contribution in [0.15, 0.2) is 35.4 Å². The van der Waals surface area contributed by atoms with Crippen molar-refractivity contribution in [3.63, 3.8) is 0 Å². The molecular weight excluding hydrogens is 268 g/mol. The van der Waals surface area contributed by atoms with Crippen LogP contribution < -0.4 is 5.43 Å². The van der Waals surface area contributed by atoms with E-state index in [1.807, 2.05) is 0 Å². The lowest BCUT2D eigenvalue weighted by Gasteiger charge is -2.04. The Labute approximate surface area is 107 Å². The van der Waals surface area contributed by atoms with Crippen molar-refractivity contribution in [3.05, 3.63) is 55.9 Å². The summed E-state index contributed by atoms with van der Waals surface area (Å²) in [4.78, 5) is 14.5. The van der Waals surface area contributed by atoms with Crippen LogP contribution in [0, 0.1) is 0 Å². The van der Waals surface area contributed by atoms with Crippen molar-refractivity contribution in [2.75, 3.05) is 0 Å². The number of rotatable bonds is 1. The number of nitrogens with one attached hydrogen (secondary N) is 1. The van der Waals surface area contributed by atoms with Gasteiger partial charge in [0.15, 0.2) is 0 Å². The van der Waals surface area contributed by atoms with Crippen molar-refractivity contribution in [1.29, 1.82) is 0 Å². The van der Waals surface area contributed by atoms with Crippen molar-refractivity contribution >= 4 is 34.8 Å². The fourth-order valence-electron chi connectivity index (χ4n) is 1.37. The highest BCUT2D eigenvalue weighted by Crippen LogP contribution is 2.28. The van der Waals surface area contributed by atoms with Crippen molar-refractivity contribution < 1.29 is 0 Å². The van der Waals surface area contributed by atoms with E-state index in [0.29, 0.717) is 21.2 Å². The first-order valence-corrected chi connectivity index (χ1v) is 5.55. The molecule has 0 atom stereocenters. The zero-order valence-corrected chi connectivity index (χ0v) is 10.2. The van der Waals surface area contributed by atoms with Gasteiger partial charge in [0.25, 0.3) is 0 Å². The van der Waals surface area contributed by atoms with Crippen LogP contribution in [0.2, 0.25) is 15.1 Å². The molecule has 1 aromatic heterocycles. The Balaban J connectivity index is 2.68. The van der Waals surface area contributed by atoms with Gasteiger partial charge in [0.05, 0.1) is 5.02 Å². The summed E-state index contributed by atoms with van der Waals surface area (Å²) in [5.41, 5.74) is 0.772. The Morgan fingerprint density at radius 2 is 1.69 bits per heavy atom. The highest BCUT2D eigenvalue weighted by atomic mass is 35.5. The van der Waals surface area contributed by atoms with Crippen molar-refractivity contribution in [1.82, 2.24) is 4.98 Å². The minimum Gasteiger partial charge on any atom is -0.366 e. The van der Waals surface area contributed by atoms with Crippen LogP contribution >= 0.6 is 34.8 Å².